The number of benzene rings is 1. The van der Waals surface area contributed by atoms with E-state index in [9.17, 15) is 13.2 Å². The van der Waals surface area contributed by atoms with Gasteiger partial charge in [0.15, 0.2) is 0 Å². The van der Waals surface area contributed by atoms with E-state index in [0.717, 1.165) is 12.0 Å². The minimum Gasteiger partial charge on any atom is -0.481 e. The Kier molecular flexibility index (Phi) is 5.42. The van der Waals surface area contributed by atoms with Crippen LogP contribution in [0.25, 0.3) is 0 Å². The molecule has 0 fully saturated rings. The van der Waals surface area contributed by atoms with Crippen LogP contribution in [0, 0.1) is 0 Å². The maximum atomic E-state index is 12.7. The molecule has 144 valence electrons. The molecular formula is C16H18N4O5S2. The molecule has 2 aromatic rings. The topological polar surface area (TPSA) is 120 Å². The van der Waals surface area contributed by atoms with Gasteiger partial charge in [-0.1, -0.05) is 19.1 Å². The predicted octanol–water partition coefficient (Wildman–Crippen LogP) is 2.04. The van der Waals surface area contributed by atoms with Crippen LogP contribution in [0.15, 0.2) is 34.1 Å². The summed E-state index contributed by atoms with van der Waals surface area (Å²) >= 11 is 1.48. The number of anilines is 1. The van der Waals surface area contributed by atoms with Crippen molar-refractivity contribution in [2.24, 2.45) is 0 Å². The van der Waals surface area contributed by atoms with E-state index in [2.05, 4.69) is 15.3 Å². The van der Waals surface area contributed by atoms with Crippen molar-refractivity contribution in [2.45, 2.75) is 28.4 Å². The molecule has 0 saturated heterocycles. The first-order chi connectivity index (χ1) is 12.8. The van der Waals surface area contributed by atoms with Crippen LogP contribution >= 0.6 is 11.8 Å². The third-order valence-corrected chi connectivity index (χ3v) is 6.52. The Hall–Kier alpha value is -2.53. The maximum absolute atomic E-state index is 12.7. The summed E-state index contributed by atoms with van der Waals surface area (Å²) in [5, 5.41) is 2.56. The number of aromatic nitrogens is 2. The minimum atomic E-state index is -4.06. The maximum Gasteiger partial charge on any atom is 0.335 e. The van der Waals surface area contributed by atoms with Gasteiger partial charge in [-0.05, 0) is 18.1 Å². The molecule has 2 N–H and O–H groups in total. The number of nitrogens with zero attached hydrogens (tertiary/aromatic N) is 2. The summed E-state index contributed by atoms with van der Waals surface area (Å²) in [6.45, 7) is 2.02. The second-order valence-electron chi connectivity index (χ2n) is 5.71. The molecule has 1 aliphatic rings. The molecule has 11 heteroatoms. The summed E-state index contributed by atoms with van der Waals surface area (Å²) in [5.41, 5.74) is 0.955. The number of carbonyl (C=O) groups is 1. The van der Waals surface area contributed by atoms with Gasteiger partial charge in [0.25, 0.3) is 10.0 Å². The predicted molar refractivity (Wildman–Crippen MR) is 99.9 cm³/mol. The van der Waals surface area contributed by atoms with Gasteiger partial charge in [-0.15, -0.1) is 11.8 Å². The highest BCUT2D eigenvalue weighted by Gasteiger charge is 2.28. The summed E-state index contributed by atoms with van der Waals surface area (Å²) in [4.78, 5) is 20.8. The molecule has 2 amide bonds. The zero-order valence-electron chi connectivity index (χ0n) is 14.8. The summed E-state index contributed by atoms with van der Waals surface area (Å²) in [6.07, 6.45) is 0.785. The number of urea groups is 1. The first-order valence-corrected chi connectivity index (χ1v) is 10.3. The van der Waals surface area contributed by atoms with Crippen LogP contribution in [0.1, 0.15) is 12.5 Å². The van der Waals surface area contributed by atoms with Crippen molar-refractivity contribution < 1.29 is 22.7 Å². The van der Waals surface area contributed by atoms with Crippen molar-refractivity contribution in [2.75, 3.05) is 19.5 Å². The zero-order valence-corrected chi connectivity index (χ0v) is 16.5. The lowest BCUT2D eigenvalue weighted by atomic mass is 10.1. The molecule has 9 nitrogen and oxygen atoms in total. The summed E-state index contributed by atoms with van der Waals surface area (Å²) < 4.78 is 37.3. The lowest BCUT2D eigenvalue weighted by molar-refractivity contribution is 0.256. The Morgan fingerprint density at radius 1 is 1.22 bits per heavy atom. The smallest absolute Gasteiger partial charge is 0.335 e. The van der Waals surface area contributed by atoms with Gasteiger partial charge in [0.05, 0.1) is 20.3 Å². The fourth-order valence-corrected chi connectivity index (χ4v) is 5.26. The zero-order chi connectivity index (χ0) is 19.6. The number of methoxy groups -OCH3 is 2. The van der Waals surface area contributed by atoms with E-state index in [4.69, 9.17) is 9.47 Å². The van der Waals surface area contributed by atoms with Gasteiger partial charge in [0.2, 0.25) is 17.7 Å². The van der Waals surface area contributed by atoms with E-state index in [1.54, 1.807) is 6.07 Å². The fraction of sp³-hybridized carbons (Fsp3) is 0.312. The van der Waals surface area contributed by atoms with Crippen LogP contribution in [0.2, 0.25) is 0 Å². The lowest BCUT2D eigenvalue weighted by Crippen LogP contribution is -2.35. The summed E-state index contributed by atoms with van der Waals surface area (Å²) in [6, 6.07) is 5.47. The van der Waals surface area contributed by atoms with Crippen molar-refractivity contribution in [3.8, 4) is 11.8 Å². The molecule has 1 aromatic heterocycles. The molecule has 0 bridgehead atoms. The SMILES string of the molecule is COc1cc(OC)nc(NC(=O)NS(=O)(=O)c2cccc3c2SC(C)C3)n1. The van der Waals surface area contributed by atoms with Crippen LogP contribution in [0.3, 0.4) is 0 Å². The number of carbonyl (C=O) groups excluding carboxylic acids is 1. The molecule has 0 aliphatic carbocycles. The van der Waals surface area contributed by atoms with Crippen LogP contribution in [0.4, 0.5) is 10.7 Å². The molecular weight excluding hydrogens is 392 g/mol. The highest BCUT2D eigenvalue weighted by molar-refractivity contribution is 8.01. The van der Waals surface area contributed by atoms with Crippen LogP contribution in [0.5, 0.6) is 11.8 Å². The second-order valence-corrected chi connectivity index (χ2v) is 8.81. The molecule has 1 aromatic carbocycles. The molecule has 2 heterocycles. The van der Waals surface area contributed by atoms with E-state index >= 15 is 0 Å². The first-order valence-electron chi connectivity index (χ1n) is 7.92. The van der Waals surface area contributed by atoms with Crippen LogP contribution in [-0.2, 0) is 16.4 Å². The lowest BCUT2D eigenvalue weighted by Gasteiger charge is -2.11. The standard InChI is InChI=1S/C16H18N4O5S2/c1-9-7-10-5-4-6-11(14(10)26-9)27(22,23)20-16(21)19-15-17-12(24-2)8-13(18-15)25-3/h4-6,8-9H,7H2,1-3H3,(H2,17,18,19,20,21). The van der Waals surface area contributed by atoms with Crippen LogP contribution in [-0.4, -0.2) is 43.9 Å². The van der Waals surface area contributed by atoms with E-state index < -0.39 is 16.1 Å². The van der Waals surface area contributed by atoms with Gasteiger partial charge < -0.3 is 9.47 Å². The van der Waals surface area contributed by atoms with E-state index in [-0.39, 0.29) is 27.9 Å². The Morgan fingerprint density at radius 2 is 1.89 bits per heavy atom. The minimum absolute atomic E-state index is 0.0774. The number of thioether (sulfide) groups is 1. The number of ether oxygens (including phenoxy) is 2. The number of hydrogen-bond donors (Lipinski definition) is 2. The van der Waals surface area contributed by atoms with Crippen LogP contribution < -0.4 is 19.5 Å². The average Bonchev–Trinajstić information content (AvgIpc) is 3.00. The van der Waals surface area contributed by atoms with Gasteiger partial charge in [-0.2, -0.15) is 9.97 Å². The van der Waals surface area contributed by atoms with Gasteiger partial charge in [-0.3, -0.25) is 5.32 Å². The number of amides is 2. The van der Waals surface area contributed by atoms with Crippen molar-refractivity contribution >= 4 is 33.8 Å². The molecule has 0 saturated carbocycles. The van der Waals surface area contributed by atoms with Gasteiger partial charge in [0, 0.05) is 10.1 Å². The van der Waals surface area contributed by atoms with Crippen molar-refractivity contribution in [1.29, 1.82) is 0 Å². The van der Waals surface area contributed by atoms with E-state index in [1.807, 2.05) is 17.7 Å². The summed E-state index contributed by atoms with van der Waals surface area (Å²) in [5.74, 6) is 0.165. The third kappa shape index (κ3) is 4.25. The van der Waals surface area contributed by atoms with Gasteiger partial charge in [0.1, 0.15) is 4.90 Å². The molecule has 1 aliphatic heterocycles. The van der Waals surface area contributed by atoms with E-state index in [0.29, 0.717) is 4.90 Å². The van der Waals surface area contributed by atoms with Gasteiger partial charge >= 0.3 is 6.03 Å². The van der Waals surface area contributed by atoms with Crippen molar-refractivity contribution in [3.63, 3.8) is 0 Å². The molecule has 3 rings (SSSR count). The van der Waals surface area contributed by atoms with E-state index in [1.165, 1.54) is 38.1 Å². The second kappa shape index (κ2) is 7.61. The van der Waals surface area contributed by atoms with Crippen molar-refractivity contribution in [1.82, 2.24) is 14.7 Å². The summed E-state index contributed by atoms with van der Waals surface area (Å²) in [7, 11) is -1.27. The number of sulfonamides is 1. The quantitative estimate of drug-likeness (QED) is 0.768. The third-order valence-electron chi connectivity index (χ3n) is 3.73. The Balaban J connectivity index is 1.80. The largest absolute Gasteiger partial charge is 0.481 e. The molecule has 1 atom stereocenters. The average molecular weight is 410 g/mol. The highest BCUT2D eigenvalue weighted by Crippen LogP contribution is 2.40. The fourth-order valence-electron chi connectivity index (χ4n) is 2.59. The molecule has 27 heavy (non-hydrogen) atoms. The Morgan fingerprint density at radius 3 is 2.52 bits per heavy atom. The normalized spacial score (nSPS) is 15.7. The Labute approximate surface area is 160 Å². The van der Waals surface area contributed by atoms with Crippen molar-refractivity contribution in [3.05, 3.63) is 29.8 Å². The number of hydrogen-bond acceptors (Lipinski definition) is 8. The number of rotatable bonds is 5. The van der Waals surface area contributed by atoms with Gasteiger partial charge in [-0.25, -0.2) is 17.9 Å². The number of nitrogens with one attached hydrogen (secondary N) is 2. The number of fused-ring (bicyclic) bond motifs is 1. The molecule has 1 unspecified atom stereocenters. The first kappa shape index (κ1) is 19.2. The monoisotopic (exact) mass is 410 g/mol. The molecule has 0 radical (unpaired) electrons. The highest BCUT2D eigenvalue weighted by atomic mass is 32.2. The molecule has 0 spiro atoms. The Bertz CT molecular complexity index is 959.